The standard InChI is InChI=1S/C12H20N4O2/c1-16(2)11-3-6-14-9-10(11)15-12(17)4-7-18-8-5-13/h3,6,9H,4-5,7-8,13H2,1-2H3,(H,15,17). The molecule has 0 bridgehead atoms. The van der Waals surface area contributed by atoms with Gasteiger partial charge in [0.05, 0.1) is 37.2 Å². The molecule has 100 valence electrons. The van der Waals surface area contributed by atoms with E-state index < -0.39 is 0 Å². The van der Waals surface area contributed by atoms with Crippen LogP contribution in [0.15, 0.2) is 18.5 Å². The molecule has 0 unspecified atom stereocenters. The zero-order valence-electron chi connectivity index (χ0n) is 10.8. The topological polar surface area (TPSA) is 80.5 Å². The maximum Gasteiger partial charge on any atom is 0.226 e. The molecule has 1 aromatic rings. The molecule has 0 spiro atoms. The normalized spacial score (nSPS) is 10.2. The van der Waals surface area contributed by atoms with Crippen LogP contribution in [0.5, 0.6) is 0 Å². The first-order valence-corrected chi connectivity index (χ1v) is 5.84. The average Bonchev–Trinajstić information content (AvgIpc) is 2.35. The molecule has 18 heavy (non-hydrogen) atoms. The van der Waals surface area contributed by atoms with Crippen LogP contribution in [-0.4, -0.2) is 44.7 Å². The molecule has 1 amide bonds. The minimum absolute atomic E-state index is 0.0943. The second kappa shape index (κ2) is 7.62. The largest absolute Gasteiger partial charge is 0.380 e. The van der Waals surface area contributed by atoms with E-state index in [4.69, 9.17) is 10.5 Å². The van der Waals surface area contributed by atoms with Gasteiger partial charge in [-0.25, -0.2) is 0 Å². The highest BCUT2D eigenvalue weighted by atomic mass is 16.5. The number of nitrogens with one attached hydrogen (secondary N) is 1. The average molecular weight is 252 g/mol. The summed E-state index contributed by atoms with van der Waals surface area (Å²) in [6.07, 6.45) is 3.63. The highest BCUT2D eigenvalue weighted by Crippen LogP contribution is 2.22. The number of nitrogens with two attached hydrogens (primary N) is 1. The van der Waals surface area contributed by atoms with E-state index in [9.17, 15) is 4.79 Å². The van der Waals surface area contributed by atoms with Crippen LogP contribution in [0, 0.1) is 0 Å². The van der Waals surface area contributed by atoms with Crippen molar-refractivity contribution in [3.63, 3.8) is 0 Å². The van der Waals surface area contributed by atoms with Crippen molar-refractivity contribution in [3.05, 3.63) is 18.5 Å². The van der Waals surface area contributed by atoms with Gasteiger partial charge < -0.3 is 20.7 Å². The van der Waals surface area contributed by atoms with Gasteiger partial charge in [-0.3, -0.25) is 9.78 Å². The molecule has 0 radical (unpaired) electrons. The molecule has 0 aromatic carbocycles. The van der Waals surface area contributed by atoms with E-state index in [0.717, 1.165) is 5.69 Å². The lowest BCUT2D eigenvalue weighted by molar-refractivity contribution is -0.117. The van der Waals surface area contributed by atoms with Gasteiger partial charge in [0.15, 0.2) is 0 Å². The Morgan fingerprint density at radius 3 is 2.94 bits per heavy atom. The molecule has 0 aliphatic heterocycles. The Morgan fingerprint density at radius 1 is 1.50 bits per heavy atom. The molecule has 0 atom stereocenters. The van der Waals surface area contributed by atoms with E-state index in [1.807, 2.05) is 25.1 Å². The molecule has 0 saturated carbocycles. The van der Waals surface area contributed by atoms with Crippen molar-refractivity contribution in [2.75, 3.05) is 44.1 Å². The van der Waals surface area contributed by atoms with E-state index >= 15 is 0 Å². The van der Waals surface area contributed by atoms with Gasteiger partial charge in [-0.1, -0.05) is 0 Å². The molecule has 0 saturated heterocycles. The first-order chi connectivity index (χ1) is 8.65. The number of hydrogen-bond acceptors (Lipinski definition) is 5. The molecule has 1 aromatic heterocycles. The van der Waals surface area contributed by atoms with E-state index in [-0.39, 0.29) is 5.91 Å². The maximum atomic E-state index is 11.7. The summed E-state index contributed by atoms with van der Waals surface area (Å²) in [4.78, 5) is 17.6. The molecular weight excluding hydrogens is 232 g/mol. The van der Waals surface area contributed by atoms with Crippen LogP contribution >= 0.6 is 0 Å². The summed E-state index contributed by atoms with van der Waals surface area (Å²) in [5, 5.41) is 2.81. The lowest BCUT2D eigenvalue weighted by Gasteiger charge is -2.17. The number of carbonyl (C=O) groups is 1. The van der Waals surface area contributed by atoms with E-state index in [1.54, 1.807) is 12.4 Å². The second-order valence-electron chi connectivity index (χ2n) is 3.99. The van der Waals surface area contributed by atoms with E-state index in [1.165, 1.54) is 0 Å². The highest BCUT2D eigenvalue weighted by Gasteiger charge is 2.08. The monoisotopic (exact) mass is 252 g/mol. The minimum atomic E-state index is -0.0943. The first kappa shape index (κ1) is 14.4. The third-order valence-electron chi connectivity index (χ3n) is 2.29. The summed E-state index contributed by atoms with van der Waals surface area (Å²) in [7, 11) is 3.82. The Kier molecular flexibility index (Phi) is 6.10. The second-order valence-corrected chi connectivity index (χ2v) is 3.99. The van der Waals surface area contributed by atoms with Gasteiger partial charge in [-0.05, 0) is 6.07 Å². The summed E-state index contributed by atoms with van der Waals surface area (Å²) >= 11 is 0. The summed E-state index contributed by atoms with van der Waals surface area (Å²) in [5.41, 5.74) is 6.90. The number of aromatic nitrogens is 1. The number of pyridine rings is 1. The van der Waals surface area contributed by atoms with Crippen molar-refractivity contribution < 1.29 is 9.53 Å². The number of amides is 1. The number of carbonyl (C=O) groups excluding carboxylic acids is 1. The third kappa shape index (κ3) is 4.68. The van der Waals surface area contributed by atoms with E-state index in [2.05, 4.69) is 10.3 Å². The van der Waals surface area contributed by atoms with Gasteiger partial charge in [0.2, 0.25) is 5.91 Å². The Hall–Kier alpha value is -1.66. The highest BCUT2D eigenvalue weighted by molar-refractivity contribution is 5.94. The fourth-order valence-electron chi connectivity index (χ4n) is 1.44. The van der Waals surface area contributed by atoms with Gasteiger partial charge in [0.25, 0.3) is 0 Å². The number of ether oxygens (including phenoxy) is 1. The summed E-state index contributed by atoms with van der Waals surface area (Å²) < 4.78 is 5.16. The molecule has 0 aliphatic rings. The van der Waals surface area contributed by atoms with Gasteiger partial charge >= 0.3 is 0 Å². The lowest BCUT2D eigenvalue weighted by atomic mass is 10.3. The number of hydrogen-bond donors (Lipinski definition) is 2. The molecule has 0 fully saturated rings. The van der Waals surface area contributed by atoms with Crippen molar-refractivity contribution in [2.45, 2.75) is 6.42 Å². The summed E-state index contributed by atoms with van der Waals surface area (Å²) in [6, 6.07) is 1.85. The molecule has 3 N–H and O–H groups in total. The third-order valence-corrected chi connectivity index (χ3v) is 2.29. The van der Waals surface area contributed by atoms with Crippen LogP contribution < -0.4 is 16.0 Å². The van der Waals surface area contributed by atoms with Crippen molar-refractivity contribution in [3.8, 4) is 0 Å². The van der Waals surface area contributed by atoms with Crippen LogP contribution in [0.1, 0.15) is 6.42 Å². The minimum Gasteiger partial charge on any atom is -0.380 e. The van der Waals surface area contributed by atoms with Gasteiger partial charge in [-0.15, -0.1) is 0 Å². The predicted molar refractivity (Wildman–Crippen MR) is 71.7 cm³/mol. The van der Waals surface area contributed by atoms with Crippen LogP contribution in [0.3, 0.4) is 0 Å². The Balaban J connectivity index is 2.49. The Morgan fingerprint density at radius 2 is 2.28 bits per heavy atom. The van der Waals surface area contributed by atoms with Crippen LogP contribution in [0.4, 0.5) is 11.4 Å². The smallest absolute Gasteiger partial charge is 0.226 e. The zero-order valence-corrected chi connectivity index (χ0v) is 10.8. The van der Waals surface area contributed by atoms with Gasteiger partial charge in [0.1, 0.15) is 0 Å². The van der Waals surface area contributed by atoms with Crippen LogP contribution in [0.2, 0.25) is 0 Å². The predicted octanol–water partition coefficient (Wildman–Crippen LogP) is 0.452. The number of anilines is 2. The van der Waals surface area contributed by atoms with Gasteiger partial charge in [0, 0.05) is 26.8 Å². The van der Waals surface area contributed by atoms with Crippen LogP contribution in [0.25, 0.3) is 0 Å². The van der Waals surface area contributed by atoms with Crippen molar-refractivity contribution in [2.24, 2.45) is 5.73 Å². The Bertz CT molecular complexity index is 382. The molecular formula is C12H20N4O2. The Labute approximate surface area is 107 Å². The van der Waals surface area contributed by atoms with Crippen molar-refractivity contribution >= 4 is 17.3 Å². The van der Waals surface area contributed by atoms with Crippen molar-refractivity contribution in [1.29, 1.82) is 0 Å². The van der Waals surface area contributed by atoms with Gasteiger partial charge in [-0.2, -0.15) is 0 Å². The molecule has 1 heterocycles. The fraction of sp³-hybridized carbons (Fsp3) is 0.500. The first-order valence-electron chi connectivity index (χ1n) is 5.84. The molecule has 0 aliphatic carbocycles. The maximum absolute atomic E-state index is 11.7. The summed E-state index contributed by atoms with van der Waals surface area (Å²) in [6.45, 7) is 1.32. The SMILES string of the molecule is CN(C)c1ccncc1NC(=O)CCOCCN. The van der Waals surface area contributed by atoms with Crippen LogP contribution in [-0.2, 0) is 9.53 Å². The summed E-state index contributed by atoms with van der Waals surface area (Å²) in [5.74, 6) is -0.0943. The molecule has 1 rings (SSSR count). The number of rotatable bonds is 7. The molecule has 6 heteroatoms. The fourth-order valence-corrected chi connectivity index (χ4v) is 1.44. The number of nitrogens with zero attached hydrogens (tertiary/aromatic N) is 2. The molecule has 6 nitrogen and oxygen atoms in total. The quantitative estimate of drug-likeness (QED) is 0.689. The van der Waals surface area contributed by atoms with E-state index in [0.29, 0.717) is 31.9 Å². The lowest BCUT2D eigenvalue weighted by Crippen LogP contribution is -2.18. The van der Waals surface area contributed by atoms with Crippen molar-refractivity contribution in [1.82, 2.24) is 4.98 Å². The zero-order chi connectivity index (χ0) is 13.4.